The van der Waals surface area contributed by atoms with Crippen molar-refractivity contribution < 1.29 is 9.69 Å². The van der Waals surface area contributed by atoms with Gasteiger partial charge in [-0.2, -0.15) is 0 Å². The number of fused-ring (bicyclic) bond motifs is 1. The quantitative estimate of drug-likeness (QED) is 0.748. The van der Waals surface area contributed by atoms with Gasteiger partial charge in [-0.25, -0.2) is 0 Å². The number of anilines is 1. The Morgan fingerprint density at radius 3 is 2.73 bits per heavy atom. The molecule has 4 nitrogen and oxygen atoms in total. The summed E-state index contributed by atoms with van der Waals surface area (Å²) in [6, 6.07) is 18.9. The Bertz CT molecular complexity index is 930. The van der Waals surface area contributed by atoms with E-state index in [9.17, 15) is 4.79 Å². The van der Waals surface area contributed by atoms with Crippen LogP contribution in [0.15, 0.2) is 60.8 Å². The van der Waals surface area contributed by atoms with Crippen LogP contribution in [0.4, 0.5) is 5.69 Å². The van der Waals surface area contributed by atoms with Crippen LogP contribution in [-0.2, 0) is 11.8 Å². The molecular formula is C22H26N3O+. The number of carbonyl (C=O) groups excluding carboxylic acids is 1. The van der Waals surface area contributed by atoms with Gasteiger partial charge in [0.2, 0.25) is 0 Å². The van der Waals surface area contributed by atoms with E-state index in [1.807, 2.05) is 31.2 Å². The highest BCUT2D eigenvalue weighted by Crippen LogP contribution is 2.21. The molecule has 2 N–H and O–H groups in total. The van der Waals surface area contributed by atoms with E-state index >= 15 is 0 Å². The van der Waals surface area contributed by atoms with Gasteiger partial charge in [0.25, 0.3) is 5.91 Å². The second-order valence-electron chi connectivity index (χ2n) is 7.34. The molecule has 0 radical (unpaired) electrons. The van der Waals surface area contributed by atoms with Crippen LogP contribution >= 0.6 is 0 Å². The first-order valence-electron chi connectivity index (χ1n) is 9.40. The fourth-order valence-corrected chi connectivity index (χ4v) is 4.25. The maximum Gasteiger partial charge on any atom is 0.282 e. The summed E-state index contributed by atoms with van der Waals surface area (Å²) in [5, 5.41) is 5.46. The number of nitrogens with zero attached hydrogens (tertiary/aromatic N) is 1. The highest BCUT2D eigenvalue weighted by Gasteiger charge is 2.38. The van der Waals surface area contributed by atoms with Gasteiger partial charge in [-0.3, -0.25) is 4.79 Å². The molecule has 4 rings (SSSR count). The number of rotatable bonds is 4. The van der Waals surface area contributed by atoms with Gasteiger partial charge in [-0.1, -0.05) is 30.3 Å². The van der Waals surface area contributed by atoms with Crippen molar-refractivity contribution in [2.24, 2.45) is 7.05 Å². The van der Waals surface area contributed by atoms with Crippen LogP contribution in [0, 0.1) is 0 Å². The average molecular weight is 348 g/mol. The molecule has 1 aromatic heterocycles. The van der Waals surface area contributed by atoms with Crippen molar-refractivity contribution in [1.29, 1.82) is 0 Å². The first-order valence-corrected chi connectivity index (χ1v) is 9.40. The van der Waals surface area contributed by atoms with Crippen molar-refractivity contribution in [3.63, 3.8) is 0 Å². The normalized spacial score (nSPS) is 21.0. The van der Waals surface area contributed by atoms with E-state index in [-0.39, 0.29) is 11.9 Å². The number of benzene rings is 2. The molecule has 134 valence electrons. The molecule has 1 saturated heterocycles. The summed E-state index contributed by atoms with van der Waals surface area (Å²) in [6.07, 6.45) is 4.39. The summed E-state index contributed by atoms with van der Waals surface area (Å²) in [6.45, 7) is 3.09. The maximum absolute atomic E-state index is 12.9. The average Bonchev–Trinajstić information content (AvgIpc) is 3.29. The number of nitrogens with one attached hydrogen (secondary N) is 2. The van der Waals surface area contributed by atoms with E-state index in [0.29, 0.717) is 6.04 Å². The lowest BCUT2D eigenvalue weighted by Crippen LogP contribution is -3.15. The topological polar surface area (TPSA) is 38.5 Å². The fraction of sp³-hybridized carbons (Fsp3) is 0.318. The molecule has 3 atom stereocenters. The summed E-state index contributed by atoms with van der Waals surface area (Å²) in [4.78, 5) is 14.3. The van der Waals surface area contributed by atoms with Gasteiger partial charge in [-0.05, 0) is 42.0 Å². The minimum atomic E-state index is -0.0797. The Labute approximate surface area is 154 Å². The molecule has 0 spiro atoms. The number of aromatic nitrogens is 1. The van der Waals surface area contributed by atoms with Gasteiger partial charge >= 0.3 is 0 Å². The third kappa shape index (κ3) is 3.13. The summed E-state index contributed by atoms with van der Waals surface area (Å²) >= 11 is 0. The van der Waals surface area contributed by atoms with Crippen LogP contribution in [0.1, 0.15) is 31.5 Å². The summed E-state index contributed by atoms with van der Waals surface area (Å²) in [7, 11) is 2.09. The second-order valence-corrected chi connectivity index (χ2v) is 7.34. The number of amides is 1. The second kappa shape index (κ2) is 6.96. The Hall–Kier alpha value is -2.59. The third-order valence-corrected chi connectivity index (χ3v) is 5.71. The molecule has 1 amide bonds. The van der Waals surface area contributed by atoms with Gasteiger partial charge in [0.15, 0.2) is 6.04 Å². The highest BCUT2D eigenvalue weighted by atomic mass is 16.2. The monoisotopic (exact) mass is 348 g/mol. The number of likely N-dealkylation sites (tertiary alicyclic amines) is 1. The number of carbonyl (C=O) groups is 1. The van der Waals surface area contributed by atoms with Crippen molar-refractivity contribution in [2.45, 2.75) is 31.8 Å². The van der Waals surface area contributed by atoms with Crippen LogP contribution in [0.3, 0.4) is 0 Å². The van der Waals surface area contributed by atoms with Crippen molar-refractivity contribution >= 4 is 22.4 Å². The zero-order valence-corrected chi connectivity index (χ0v) is 15.4. The summed E-state index contributed by atoms with van der Waals surface area (Å²) in [5.74, 6) is 0.0939. The van der Waals surface area contributed by atoms with Crippen molar-refractivity contribution in [3.05, 3.63) is 66.5 Å². The van der Waals surface area contributed by atoms with Crippen molar-refractivity contribution in [1.82, 2.24) is 4.57 Å². The standard InChI is InChI=1S/C22H25N3O/c1-16(25-14-6-10-21(25)20-9-5-13-24(20)2)22(26)23-19-12-11-17-7-3-4-8-18(17)15-19/h3-5,7-9,11-13,15-16,21H,6,10,14H2,1-2H3,(H,23,26)/p+1/t16-,21-/m1/s1. The number of aryl methyl sites for hydroxylation is 1. The van der Waals surface area contributed by atoms with E-state index in [1.165, 1.54) is 22.4 Å². The molecule has 26 heavy (non-hydrogen) atoms. The highest BCUT2D eigenvalue weighted by molar-refractivity contribution is 5.96. The fourth-order valence-electron chi connectivity index (χ4n) is 4.25. The zero-order valence-electron chi connectivity index (χ0n) is 15.4. The summed E-state index contributed by atoms with van der Waals surface area (Å²) < 4.78 is 2.18. The number of hydrogen-bond acceptors (Lipinski definition) is 1. The molecule has 4 heteroatoms. The van der Waals surface area contributed by atoms with Crippen LogP contribution in [-0.4, -0.2) is 23.1 Å². The maximum atomic E-state index is 12.9. The number of quaternary nitrogens is 1. The summed E-state index contributed by atoms with van der Waals surface area (Å²) in [5.41, 5.74) is 2.19. The van der Waals surface area contributed by atoms with Crippen LogP contribution in [0.2, 0.25) is 0 Å². The van der Waals surface area contributed by atoms with Gasteiger partial charge < -0.3 is 14.8 Å². The van der Waals surface area contributed by atoms with Crippen molar-refractivity contribution in [3.8, 4) is 0 Å². The molecule has 2 aromatic carbocycles. The van der Waals surface area contributed by atoms with E-state index in [4.69, 9.17) is 0 Å². The van der Waals surface area contributed by atoms with Gasteiger partial charge in [-0.15, -0.1) is 0 Å². The first kappa shape index (κ1) is 16.9. The van der Waals surface area contributed by atoms with Crippen LogP contribution in [0.5, 0.6) is 0 Å². The zero-order chi connectivity index (χ0) is 18.1. The minimum Gasteiger partial charge on any atom is -0.350 e. The Morgan fingerprint density at radius 1 is 1.15 bits per heavy atom. The Morgan fingerprint density at radius 2 is 1.96 bits per heavy atom. The van der Waals surface area contributed by atoms with E-state index < -0.39 is 0 Å². The third-order valence-electron chi connectivity index (χ3n) is 5.71. The molecular weight excluding hydrogens is 322 g/mol. The Kier molecular flexibility index (Phi) is 4.51. The number of hydrogen-bond donors (Lipinski definition) is 2. The molecule has 1 unspecified atom stereocenters. The molecule has 1 aliphatic heterocycles. The molecule has 3 aromatic rings. The molecule has 1 aliphatic rings. The lowest BCUT2D eigenvalue weighted by atomic mass is 10.1. The predicted molar refractivity (Wildman–Crippen MR) is 105 cm³/mol. The molecule has 2 heterocycles. The molecule has 0 saturated carbocycles. The largest absolute Gasteiger partial charge is 0.350 e. The SMILES string of the molecule is C[C@H](C(=O)Nc1ccc2ccccc2c1)[NH+]1CCC[C@@H]1c1cccn1C. The van der Waals surface area contributed by atoms with Crippen LogP contribution in [0.25, 0.3) is 10.8 Å². The van der Waals surface area contributed by atoms with E-state index in [1.54, 1.807) is 0 Å². The van der Waals surface area contributed by atoms with Crippen LogP contribution < -0.4 is 10.2 Å². The Balaban J connectivity index is 1.50. The smallest absolute Gasteiger partial charge is 0.282 e. The lowest BCUT2D eigenvalue weighted by Gasteiger charge is -2.27. The van der Waals surface area contributed by atoms with Gasteiger partial charge in [0, 0.05) is 31.8 Å². The van der Waals surface area contributed by atoms with Crippen molar-refractivity contribution in [2.75, 3.05) is 11.9 Å². The van der Waals surface area contributed by atoms with E-state index in [0.717, 1.165) is 24.0 Å². The lowest BCUT2D eigenvalue weighted by molar-refractivity contribution is -0.932. The minimum absolute atomic E-state index is 0.0797. The predicted octanol–water partition coefficient (Wildman–Crippen LogP) is 2.93. The first-order chi connectivity index (χ1) is 12.6. The molecule has 0 aliphatic carbocycles. The van der Waals surface area contributed by atoms with Gasteiger partial charge in [0.1, 0.15) is 6.04 Å². The molecule has 1 fully saturated rings. The molecule has 0 bridgehead atoms. The van der Waals surface area contributed by atoms with Gasteiger partial charge in [0.05, 0.1) is 12.2 Å². The van der Waals surface area contributed by atoms with E-state index in [2.05, 4.69) is 53.5 Å².